The number of nitrogens with one attached hydrogen (secondary N) is 1. The Kier molecular flexibility index (Phi) is 6.28. The SMILES string of the molecule is C=CCN=C(N)NC(CC1CCOCC1)c1ccccc1. The molecule has 1 saturated heterocycles. The molecule has 1 atom stereocenters. The second-order valence-corrected chi connectivity index (χ2v) is 5.41. The minimum atomic E-state index is 0.197. The predicted octanol–water partition coefficient (Wildman–Crippen LogP) is 2.63. The summed E-state index contributed by atoms with van der Waals surface area (Å²) in [6.07, 6.45) is 5.03. The van der Waals surface area contributed by atoms with Crippen molar-refractivity contribution in [2.75, 3.05) is 19.8 Å². The largest absolute Gasteiger partial charge is 0.381 e. The van der Waals surface area contributed by atoms with Crippen molar-refractivity contribution in [3.05, 3.63) is 48.6 Å². The molecule has 0 bridgehead atoms. The van der Waals surface area contributed by atoms with Gasteiger partial charge in [-0.15, -0.1) is 6.58 Å². The standard InChI is InChI=1S/C17H25N3O/c1-2-10-19-17(18)20-16(15-6-4-3-5-7-15)13-14-8-11-21-12-9-14/h2-7,14,16H,1,8-13H2,(H3,18,19,20). The van der Waals surface area contributed by atoms with E-state index in [-0.39, 0.29) is 6.04 Å². The quantitative estimate of drug-likeness (QED) is 0.480. The molecule has 0 aromatic heterocycles. The Bertz CT molecular complexity index is 452. The molecule has 1 fully saturated rings. The third-order valence-corrected chi connectivity index (χ3v) is 3.82. The number of nitrogens with two attached hydrogens (primary N) is 1. The van der Waals surface area contributed by atoms with Gasteiger partial charge in [0.25, 0.3) is 0 Å². The molecule has 0 saturated carbocycles. The van der Waals surface area contributed by atoms with Gasteiger partial charge in [-0.25, -0.2) is 4.99 Å². The van der Waals surface area contributed by atoms with Crippen LogP contribution in [-0.2, 0) is 4.74 Å². The van der Waals surface area contributed by atoms with Crippen molar-refractivity contribution >= 4 is 5.96 Å². The third kappa shape index (κ3) is 5.23. The fourth-order valence-electron chi connectivity index (χ4n) is 2.67. The van der Waals surface area contributed by atoms with Gasteiger partial charge in [0.05, 0.1) is 12.6 Å². The molecule has 0 spiro atoms. The Morgan fingerprint density at radius 1 is 1.38 bits per heavy atom. The van der Waals surface area contributed by atoms with Crippen molar-refractivity contribution in [1.82, 2.24) is 5.32 Å². The van der Waals surface area contributed by atoms with E-state index in [1.54, 1.807) is 6.08 Å². The van der Waals surface area contributed by atoms with Gasteiger partial charge in [-0.05, 0) is 30.7 Å². The molecule has 2 rings (SSSR count). The Hall–Kier alpha value is -1.81. The summed E-state index contributed by atoms with van der Waals surface area (Å²) in [5.41, 5.74) is 7.22. The summed E-state index contributed by atoms with van der Waals surface area (Å²) in [6, 6.07) is 10.6. The Morgan fingerprint density at radius 3 is 2.76 bits per heavy atom. The van der Waals surface area contributed by atoms with E-state index in [9.17, 15) is 0 Å². The van der Waals surface area contributed by atoms with Gasteiger partial charge in [-0.3, -0.25) is 0 Å². The molecule has 0 aliphatic carbocycles. The van der Waals surface area contributed by atoms with Gasteiger partial charge in [0.2, 0.25) is 0 Å². The Balaban J connectivity index is 2.04. The smallest absolute Gasteiger partial charge is 0.189 e. The summed E-state index contributed by atoms with van der Waals surface area (Å²) in [7, 11) is 0. The fraction of sp³-hybridized carbons (Fsp3) is 0.471. The second kappa shape index (κ2) is 8.47. The summed E-state index contributed by atoms with van der Waals surface area (Å²) >= 11 is 0. The lowest BCUT2D eigenvalue weighted by Gasteiger charge is -2.28. The topological polar surface area (TPSA) is 59.6 Å². The van der Waals surface area contributed by atoms with Crippen LogP contribution < -0.4 is 11.1 Å². The molecular weight excluding hydrogens is 262 g/mol. The number of benzene rings is 1. The maximum Gasteiger partial charge on any atom is 0.189 e. The van der Waals surface area contributed by atoms with Gasteiger partial charge < -0.3 is 15.8 Å². The molecule has 21 heavy (non-hydrogen) atoms. The summed E-state index contributed by atoms with van der Waals surface area (Å²) in [4.78, 5) is 4.24. The van der Waals surface area contributed by atoms with E-state index in [0.29, 0.717) is 18.4 Å². The van der Waals surface area contributed by atoms with Crippen LogP contribution >= 0.6 is 0 Å². The maximum absolute atomic E-state index is 5.97. The summed E-state index contributed by atoms with van der Waals surface area (Å²) < 4.78 is 5.44. The normalized spacial score (nSPS) is 18.2. The number of nitrogens with zero attached hydrogens (tertiary/aromatic N) is 1. The van der Waals surface area contributed by atoms with E-state index in [1.807, 2.05) is 6.07 Å². The minimum absolute atomic E-state index is 0.197. The molecule has 1 unspecified atom stereocenters. The molecule has 114 valence electrons. The van der Waals surface area contributed by atoms with E-state index < -0.39 is 0 Å². The van der Waals surface area contributed by atoms with Crippen LogP contribution in [0.3, 0.4) is 0 Å². The minimum Gasteiger partial charge on any atom is -0.381 e. The van der Waals surface area contributed by atoms with E-state index in [2.05, 4.69) is 41.2 Å². The molecule has 1 heterocycles. The number of guanidine groups is 1. The second-order valence-electron chi connectivity index (χ2n) is 5.41. The van der Waals surface area contributed by atoms with Gasteiger partial charge in [0.15, 0.2) is 5.96 Å². The lowest BCUT2D eigenvalue weighted by Crippen LogP contribution is -2.36. The summed E-state index contributed by atoms with van der Waals surface area (Å²) in [5, 5.41) is 3.35. The average Bonchev–Trinajstić information content (AvgIpc) is 2.54. The van der Waals surface area contributed by atoms with Crippen molar-refractivity contribution in [1.29, 1.82) is 0 Å². The highest BCUT2D eigenvalue weighted by Crippen LogP contribution is 2.27. The molecule has 1 aromatic carbocycles. The van der Waals surface area contributed by atoms with Gasteiger partial charge >= 0.3 is 0 Å². The molecule has 4 heteroatoms. The van der Waals surface area contributed by atoms with E-state index in [1.165, 1.54) is 5.56 Å². The molecule has 0 amide bonds. The van der Waals surface area contributed by atoms with E-state index in [4.69, 9.17) is 10.5 Å². The molecule has 1 aliphatic rings. The van der Waals surface area contributed by atoms with Gasteiger partial charge in [0, 0.05) is 13.2 Å². The maximum atomic E-state index is 5.97. The lowest BCUT2D eigenvalue weighted by atomic mass is 9.89. The monoisotopic (exact) mass is 287 g/mol. The Labute approximate surface area is 127 Å². The van der Waals surface area contributed by atoms with Gasteiger partial charge in [-0.1, -0.05) is 36.4 Å². The molecule has 3 N–H and O–H groups in total. The van der Waals surface area contributed by atoms with Crippen LogP contribution in [0.1, 0.15) is 30.9 Å². The van der Waals surface area contributed by atoms with Crippen LogP contribution in [0.25, 0.3) is 0 Å². The number of rotatable bonds is 6. The molecule has 4 nitrogen and oxygen atoms in total. The number of ether oxygens (including phenoxy) is 1. The van der Waals surface area contributed by atoms with Crippen LogP contribution in [0.5, 0.6) is 0 Å². The average molecular weight is 287 g/mol. The van der Waals surface area contributed by atoms with E-state index >= 15 is 0 Å². The van der Waals surface area contributed by atoms with E-state index in [0.717, 1.165) is 32.5 Å². The highest BCUT2D eigenvalue weighted by atomic mass is 16.5. The zero-order chi connectivity index (χ0) is 14.9. The zero-order valence-corrected chi connectivity index (χ0v) is 12.5. The van der Waals surface area contributed by atoms with Crippen LogP contribution in [0.2, 0.25) is 0 Å². The van der Waals surface area contributed by atoms with Gasteiger partial charge in [0.1, 0.15) is 0 Å². The lowest BCUT2D eigenvalue weighted by molar-refractivity contribution is 0.0612. The first-order chi connectivity index (χ1) is 10.3. The zero-order valence-electron chi connectivity index (χ0n) is 12.5. The third-order valence-electron chi connectivity index (χ3n) is 3.82. The highest BCUT2D eigenvalue weighted by Gasteiger charge is 2.20. The summed E-state index contributed by atoms with van der Waals surface area (Å²) in [6.45, 7) is 5.93. The molecule has 1 aliphatic heterocycles. The van der Waals surface area contributed by atoms with Crippen LogP contribution in [0.15, 0.2) is 48.0 Å². The first-order valence-electron chi connectivity index (χ1n) is 7.59. The predicted molar refractivity (Wildman–Crippen MR) is 87.2 cm³/mol. The van der Waals surface area contributed by atoms with Gasteiger partial charge in [-0.2, -0.15) is 0 Å². The Morgan fingerprint density at radius 2 is 2.10 bits per heavy atom. The van der Waals surface area contributed by atoms with Crippen molar-refractivity contribution < 1.29 is 4.74 Å². The number of aliphatic imine (C=N–C) groups is 1. The highest BCUT2D eigenvalue weighted by molar-refractivity contribution is 5.78. The number of hydrogen-bond donors (Lipinski definition) is 2. The molecule has 1 aromatic rings. The molecule has 0 radical (unpaired) electrons. The number of hydrogen-bond acceptors (Lipinski definition) is 2. The van der Waals surface area contributed by atoms with Crippen molar-refractivity contribution in [3.63, 3.8) is 0 Å². The fourth-order valence-corrected chi connectivity index (χ4v) is 2.67. The summed E-state index contributed by atoms with van der Waals surface area (Å²) in [5.74, 6) is 1.15. The van der Waals surface area contributed by atoms with Crippen molar-refractivity contribution in [3.8, 4) is 0 Å². The van der Waals surface area contributed by atoms with Crippen molar-refractivity contribution in [2.45, 2.75) is 25.3 Å². The van der Waals surface area contributed by atoms with Crippen molar-refractivity contribution in [2.24, 2.45) is 16.6 Å². The first kappa shape index (κ1) is 15.6. The molecular formula is C17H25N3O. The first-order valence-corrected chi connectivity index (χ1v) is 7.59. The van der Waals surface area contributed by atoms with Crippen LogP contribution in [0, 0.1) is 5.92 Å². The van der Waals surface area contributed by atoms with Crippen LogP contribution in [-0.4, -0.2) is 25.7 Å². The van der Waals surface area contributed by atoms with Crippen LogP contribution in [0.4, 0.5) is 0 Å².